The van der Waals surface area contributed by atoms with Crippen molar-refractivity contribution in [1.82, 2.24) is 9.80 Å². The molecule has 152 valence electrons. The van der Waals surface area contributed by atoms with Crippen LogP contribution in [0.1, 0.15) is 22.7 Å². The minimum Gasteiger partial charge on any atom is -0.290 e. The van der Waals surface area contributed by atoms with Crippen molar-refractivity contribution in [2.24, 2.45) is 0 Å². The van der Waals surface area contributed by atoms with Crippen molar-refractivity contribution in [1.29, 1.82) is 0 Å². The van der Waals surface area contributed by atoms with E-state index in [9.17, 15) is 0 Å². The number of nitrogens with zero attached hydrogens (tertiary/aromatic N) is 2. The zero-order chi connectivity index (χ0) is 20.8. The molecule has 0 atom stereocenters. The van der Waals surface area contributed by atoms with E-state index in [0.29, 0.717) is 0 Å². The summed E-state index contributed by atoms with van der Waals surface area (Å²) in [6.07, 6.45) is 0. The number of rotatable bonds is 4. The van der Waals surface area contributed by atoms with Crippen LogP contribution in [0.25, 0.3) is 0 Å². The van der Waals surface area contributed by atoms with E-state index in [2.05, 4.69) is 45.9 Å². The molecule has 0 aliphatic carbocycles. The van der Waals surface area contributed by atoms with Gasteiger partial charge in [0.25, 0.3) is 0 Å². The van der Waals surface area contributed by atoms with Crippen LogP contribution in [0.4, 0.5) is 0 Å². The van der Waals surface area contributed by atoms with Crippen molar-refractivity contribution in [2.45, 2.75) is 6.04 Å². The Labute approximate surface area is 189 Å². The summed E-state index contributed by atoms with van der Waals surface area (Å²) < 4.78 is 0. The summed E-state index contributed by atoms with van der Waals surface area (Å²) in [4.78, 5) is 4.96. The van der Waals surface area contributed by atoms with Gasteiger partial charge in [-0.05, 0) is 47.5 Å². The molecular weight excluding hydrogens is 411 g/mol. The Morgan fingerprint density at radius 1 is 0.700 bits per heavy atom. The molecule has 1 aliphatic rings. The average molecular weight is 435 g/mol. The van der Waals surface area contributed by atoms with E-state index in [0.717, 1.165) is 48.3 Å². The first-order chi connectivity index (χ1) is 14.7. The van der Waals surface area contributed by atoms with E-state index in [-0.39, 0.29) is 6.04 Å². The Balaban J connectivity index is 1.45. The lowest BCUT2D eigenvalue weighted by molar-refractivity contribution is 0.119. The van der Waals surface area contributed by atoms with Gasteiger partial charge in [-0.15, -0.1) is 0 Å². The first-order valence-corrected chi connectivity index (χ1v) is 11.0. The second-order valence-corrected chi connectivity index (χ2v) is 8.36. The van der Waals surface area contributed by atoms with Gasteiger partial charge in [0.1, 0.15) is 0 Å². The van der Waals surface area contributed by atoms with Crippen molar-refractivity contribution in [3.05, 3.63) is 106 Å². The van der Waals surface area contributed by atoms with E-state index in [1.165, 1.54) is 11.1 Å². The van der Waals surface area contributed by atoms with Crippen LogP contribution < -0.4 is 0 Å². The van der Waals surface area contributed by atoms with E-state index in [1.54, 1.807) is 0 Å². The third-order valence-electron chi connectivity index (χ3n) is 5.45. The number of hydrogen-bond donors (Lipinski definition) is 0. The summed E-state index contributed by atoms with van der Waals surface area (Å²) in [6.45, 7) is 4.78. The van der Waals surface area contributed by atoms with Crippen molar-refractivity contribution >= 4 is 23.2 Å². The molecule has 30 heavy (non-hydrogen) atoms. The van der Waals surface area contributed by atoms with Crippen LogP contribution in [0, 0.1) is 11.8 Å². The van der Waals surface area contributed by atoms with Crippen LogP contribution in [-0.2, 0) is 0 Å². The van der Waals surface area contributed by atoms with Gasteiger partial charge >= 0.3 is 0 Å². The summed E-state index contributed by atoms with van der Waals surface area (Å²) in [5, 5.41) is 1.52. The molecule has 0 saturated carbocycles. The van der Waals surface area contributed by atoms with Gasteiger partial charge in [0.2, 0.25) is 0 Å². The first-order valence-electron chi connectivity index (χ1n) is 10.2. The quantitative estimate of drug-likeness (QED) is 0.482. The molecule has 1 fully saturated rings. The van der Waals surface area contributed by atoms with Gasteiger partial charge in [-0.1, -0.05) is 77.5 Å². The van der Waals surface area contributed by atoms with Gasteiger partial charge in [0, 0.05) is 41.8 Å². The molecule has 0 aromatic heterocycles. The molecule has 0 amide bonds. The van der Waals surface area contributed by atoms with Crippen molar-refractivity contribution < 1.29 is 0 Å². The highest BCUT2D eigenvalue weighted by atomic mass is 35.5. The largest absolute Gasteiger partial charge is 0.290 e. The maximum absolute atomic E-state index is 6.13. The first kappa shape index (κ1) is 21.0. The summed E-state index contributed by atoms with van der Waals surface area (Å²) in [5.74, 6) is 6.58. The standard InChI is InChI=1S/C26H24Cl2N2/c27-24-12-8-22(9-13-24)26(23-10-14-25(28)15-11-23)30-19-17-29(18-20-30)16-4-7-21-5-2-1-3-6-21/h1-3,5-6,8-15,26H,16-20H2. The molecule has 4 rings (SSSR count). The molecular formula is C26H24Cl2N2. The molecule has 0 bridgehead atoms. The summed E-state index contributed by atoms with van der Waals surface area (Å²) in [5.41, 5.74) is 3.57. The summed E-state index contributed by atoms with van der Waals surface area (Å²) >= 11 is 12.3. The maximum Gasteiger partial charge on any atom is 0.0606 e. The summed E-state index contributed by atoms with van der Waals surface area (Å²) in [7, 11) is 0. The Morgan fingerprint density at radius 2 is 1.23 bits per heavy atom. The lowest BCUT2D eigenvalue weighted by atomic mass is 9.96. The maximum atomic E-state index is 6.13. The van der Waals surface area contributed by atoms with E-state index < -0.39 is 0 Å². The van der Waals surface area contributed by atoms with Crippen LogP contribution in [0.2, 0.25) is 10.0 Å². The fourth-order valence-corrected chi connectivity index (χ4v) is 4.11. The van der Waals surface area contributed by atoms with Crippen LogP contribution >= 0.6 is 23.2 Å². The highest BCUT2D eigenvalue weighted by Gasteiger charge is 2.26. The molecule has 1 saturated heterocycles. The molecule has 0 N–H and O–H groups in total. The van der Waals surface area contributed by atoms with E-state index >= 15 is 0 Å². The van der Waals surface area contributed by atoms with Crippen LogP contribution in [0.15, 0.2) is 78.9 Å². The number of benzene rings is 3. The second kappa shape index (κ2) is 10.2. The van der Waals surface area contributed by atoms with E-state index in [4.69, 9.17) is 23.2 Å². The number of piperazine rings is 1. The Bertz CT molecular complexity index is 951. The smallest absolute Gasteiger partial charge is 0.0606 e. The van der Waals surface area contributed by atoms with Crippen LogP contribution in [0.3, 0.4) is 0 Å². The fourth-order valence-electron chi connectivity index (χ4n) is 3.86. The zero-order valence-corrected chi connectivity index (χ0v) is 18.3. The van der Waals surface area contributed by atoms with Crippen LogP contribution in [-0.4, -0.2) is 42.5 Å². The average Bonchev–Trinajstić information content (AvgIpc) is 2.78. The zero-order valence-electron chi connectivity index (χ0n) is 16.8. The molecule has 1 heterocycles. The molecule has 3 aromatic rings. The predicted molar refractivity (Wildman–Crippen MR) is 126 cm³/mol. The lowest BCUT2D eigenvalue weighted by Gasteiger charge is -2.39. The van der Waals surface area contributed by atoms with E-state index in [1.807, 2.05) is 54.6 Å². The Morgan fingerprint density at radius 3 is 1.77 bits per heavy atom. The van der Waals surface area contributed by atoms with Gasteiger partial charge in [0.05, 0.1) is 12.6 Å². The molecule has 3 aromatic carbocycles. The number of halogens is 2. The van der Waals surface area contributed by atoms with Crippen molar-refractivity contribution in [3.63, 3.8) is 0 Å². The van der Waals surface area contributed by atoms with Crippen molar-refractivity contribution in [3.8, 4) is 11.8 Å². The lowest BCUT2D eigenvalue weighted by Crippen LogP contribution is -2.47. The highest BCUT2D eigenvalue weighted by molar-refractivity contribution is 6.30. The van der Waals surface area contributed by atoms with Gasteiger partial charge in [-0.25, -0.2) is 0 Å². The molecule has 0 unspecified atom stereocenters. The third-order valence-corrected chi connectivity index (χ3v) is 5.96. The van der Waals surface area contributed by atoms with Crippen molar-refractivity contribution in [2.75, 3.05) is 32.7 Å². The fraction of sp³-hybridized carbons (Fsp3) is 0.231. The monoisotopic (exact) mass is 434 g/mol. The van der Waals surface area contributed by atoms with Gasteiger partial charge in [-0.3, -0.25) is 9.80 Å². The second-order valence-electron chi connectivity index (χ2n) is 7.49. The molecule has 2 nitrogen and oxygen atoms in total. The molecule has 0 radical (unpaired) electrons. The third kappa shape index (κ3) is 5.45. The molecule has 1 aliphatic heterocycles. The minimum absolute atomic E-state index is 0.192. The summed E-state index contributed by atoms with van der Waals surface area (Å²) in [6, 6.07) is 26.7. The Kier molecular flexibility index (Phi) is 7.10. The topological polar surface area (TPSA) is 6.48 Å². The van der Waals surface area contributed by atoms with Gasteiger partial charge < -0.3 is 0 Å². The Hall–Kier alpha value is -2.28. The highest BCUT2D eigenvalue weighted by Crippen LogP contribution is 2.31. The SMILES string of the molecule is Clc1ccc(C(c2ccc(Cl)cc2)N2CCN(CC#Cc3ccccc3)CC2)cc1. The van der Waals surface area contributed by atoms with Gasteiger partial charge in [-0.2, -0.15) is 0 Å². The minimum atomic E-state index is 0.192. The number of hydrogen-bond acceptors (Lipinski definition) is 2. The molecule has 0 spiro atoms. The molecule has 4 heteroatoms. The predicted octanol–water partition coefficient (Wildman–Crippen LogP) is 5.75. The van der Waals surface area contributed by atoms with Crippen LogP contribution in [0.5, 0.6) is 0 Å². The van der Waals surface area contributed by atoms with Gasteiger partial charge in [0.15, 0.2) is 0 Å². The normalized spacial score (nSPS) is 15.0.